The third-order valence-corrected chi connectivity index (χ3v) is 5.20. The number of pyridine rings is 1. The van der Waals surface area contributed by atoms with E-state index in [2.05, 4.69) is 9.71 Å². The Bertz CT molecular complexity index is 1030. The molecule has 0 fully saturated rings. The summed E-state index contributed by atoms with van der Waals surface area (Å²) in [5.41, 5.74) is 0.828. The number of aromatic nitrogens is 1. The lowest BCUT2D eigenvalue weighted by Gasteiger charge is -2.10. The van der Waals surface area contributed by atoms with Gasteiger partial charge in [-0.1, -0.05) is 36.4 Å². The molecule has 0 atom stereocenters. The molecule has 6 nitrogen and oxygen atoms in total. The van der Waals surface area contributed by atoms with Gasteiger partial charge >= 0.3 is 0 Å². The van der Waals surface area contributed by atoms with Crippen LogP contribution < -0.4 is 4.72 Å². The number of fused-ring (bicyclic) bond motifs is 1. The van der Waals surface area contributed by atoms with Gasteiger partial charge in [-0.2, -0.15) is 0 Å². The molecule has 3 rings (SSSR count). The van der Waals surface area contributed by atoms with Crippen LogP contribution in [-0.4, -0.2) is 25.9 Å². The molecule has 7 heteroatoms. The van der Waals surface area contributed by atoms with Crippen molar-refractivity contribution in [1.29, 1.82) is 0 Å². The molecule has 0 aliphatic heterocycles. The van der Waals surface area contributed by atoms with Crippen LogP contribution in [0, 0.1) is 0 Å². The number of benzene rings is 2. The molecule has 0 bridgehead atoms. The van der Waals surface area contributed by atoms with Gasteiger partial charge in [0.2, 0.25) is 0 Å². The van der Waals surface area contributed by atoms with Crippen molar-refractivity contribution < 1.29 is 17.9 Å². The minimum atomic E-state index is -4.01. The smallest absolute Gasteiger partial charge is 0.266 e. The van der Waals surface area contributed by atoms with E-state index in [9.17, 15) is 13.2 Å². The Morgan fingerprint density at radius 2 is 1.85 bits per heavy atom. The monoisotopic (exact) mass is 370 g/mol. The normalized spacial score (nSPS) is 11.4. The van der Waals surface area contributed by atoms with E-state index in [1.54, 1.807) is 24.3 Å². The first-order valence-corrected chi connectivity index (χ1v) is 9.57. The number of carbonyl (C=O) groups is 1. The van der Waals surface area contributed by atoms with E-state index in [1.165, 1.54) is 18.3 Å². The molecule has 0 saturated heterocycles. The van der Waals surface area contributed by atoms with Gasteiger partial charge in [-0.3, -0.25) is 9.78 Å². The van der Waals surface area contributed by atoms with E-state index in [1.807, 2.05) is 25.1 Å². The summed E-state index contributed by atoms with van der Waals surface area (Å²) in [5.74, 6) is -0.728. The Morgan fingerprint density at radius 3 is 2.58 bits per heavy atom. The average Bonchev–Trinajstić information content (AvgIpc) is 2.66. The fraction of sp³-hybridized carbons (Fsp3) is 0.158. The maximum atomic E-state index is 12.7. The fourth-order valence-corrected chi connectivity index (χ4v) is 3.72. The van der Waals surface area contributed by atoms with Gasteiger partial charge in [-0.25, -0.2) is 13.1 Å². The number of carbonyl (C=O) groups excluding carboxylic acids is 1. The van der Waals surface area contributed by atoms with Crippen molar-refractivity contribution in [3.05, 3.63) is 72.1 Å². The summed E-state index contributed by atoms with van der Waals surface area (Å²) >= 11 is 0. The van der Waals surface area contributed by atoms with Gasteiger partial charge in [0, 0.05) is 18.2 Å². The first-order chi connectivity index (χ1) is 12.5. The lowest BCUT2D eigenvalue weighted by Crippen LogP contribution is -2.30. The number of sulfonamides is 1. The Hall–Kier alpha value is -2.77. The van der Waals surface area contributed by atoms with Gasteiger partial charge in [0.15, 0.2) is 0 Å². The summed E-state index contributed by atoms with van der Waals surface area (Å²) in [7, 11) is -4.01. The number of nitrogens with one attached hydrogen (secondary N) is 1. The van der Waals surface area contributed by atoms with Crippen LogP contribution in [0.15, 0.2) is 65.7 Å². The highest BCUT2D eigenvalue weighted by Crippen LogP contribution is 2.22. The van der Waals surface area contributed by atoms with Crippen molar-refractivity contribution >= 4 is 26.7 Å². The molecule has 26 heavy (non-hydrogen) atoms. The summed E-state index contributed by atoms with van der Waals surface area (Å²) in [4.78, 5) is 16.5. The Balaban J connectivity index is 1.83. The SMILES string of the molecule is CCOCc1ccc(C(=O)NS(=O)(=O)c2cccc3ccccc23)cn1. The molecular formula is C19H18N2O4S. The molecule has 0 unspecified atom stereocenters. The number of ether oxygens (including phenoxy) is 1. The molecule has 134 valence electrons. The summed E-state index contributed by atoms with van der Waals surface area (Å²) in [6, 6.07) is 15.2. The summed E-state index contributed by atoms with van der Waals surface area (Å²) in [5, 5.41) is 1.34. The molecular weight excluding hydrogens is 352 g/mol. The van der Waals surface area contributed by atoms with E-state index in [-0.39, 0.29) is 10.5 Å². The summed E-state index contributed by atoms with van der Waals surface area (Å²) < 4.78 is 32.7. The van der Waals surface area contributed by atoms with Crippen molar-refractivity contribution in [2.75, 3.05) is 6.61 Å². The average molecular weight is 370 g/mol. The van der Waals surface area contributed by atoms with E-state index >= 15 is 0 Å². The zero-order valence-electron chi connectivity index (χ0n) is 14.2. The molecule has 1 amide bonds. The van der Waals surface area contributed by atoms with Crippen LogP contribution in [-0.2, 0) is 21.4 Å². The Labute approximate surface area is 151 Å². The second kappa shape index (κ2) is 7.63. The fourth-order valence-electron chi connectivity index (χ4n) is 2.52. The second-order valence-corrected chi connectivity index (χ2v) is 7.24. The Morgan fingerprint density at radius 1 is 1.08 bits per heavy atom. The molecule has 1 heterocycles. The van der Waals surface area contributed by atoms with Gasteiger partial charge in [0.25, 0.3) is 15.9 Å². The van der Waals surface area contributed by atoms with Crippen LogP contribution in [0.25, 0.3) is 10.8 Å². The molecule has 0 aliphatic carbocycles. The van der Waals surface area contributed by atoms with Gasteiger partial charge < -0.3 is 4.74 Å². The highest BCUT2D eigenvalue weighted by Gasteiger charge is 2.21. The van der Waals surface area contributed by atoms with E-state index in [4.69, 9.17) is 4.74 Å². The molecule has 0 spiro atoms. The zero-order valence-corrected chi connectivity index (χ0v) is 15.0. The van der Waals surface area contributed by atoms with Crippen LogP contribution in [0.5, 0.6) is 0 Å². The number of hydrogen-bond acceptors (Lipinski definition) is 5. The maximum Gasteiger partial charge on any atom is 0.266 e. The van der Waals surface area contributed by atoms with Crippen LogP contribution in [0.3, 0.4) is 0 Å². The van der Waals surface area contributed by atoms with Crippen LogP contribution in [0.2, 0.25) is 0 Å². The van der Waals surface area contributed by atoms with E-state index in [0.717, 1.165) is 5.39 Å². The molecule has 2 aromatic carbocycles. The summed E-state index contributed by atoms with van der Waals surface area (Å²) in [6.07, 6.45) is 1.34. The number of nitrogens with zero attached hydrogens (tertiary/aromatic N) is 1. The molecule has 0 aliphatic rings. The standard InChI is InChI=1S/C19H18N2O4S/c1-2-25-13-16-11-10-15(12-20-16)19(22)21-26(23,24)18-9-5-7-14-6-3-4-8-17(14)18/h3-12H,2,13H2,1H3,(H,21,22). The predicted octanol–water partition coefficient (Wildman–Crippen LogP) is 2.89. The van der Waals surface area contributed by atoms with E-state index < -0.39 is 15.9 Å². The van der Waals surface area contributed by atoms with Crippen molar-refractivity contribution in [3.8, 4) is 0 Å². The van der Waals surface area contributed by atoms with Crippen LogP contribution in [0.1, 0.15) is 23.0 Å². The lowest BCUT2D eigenvalue weighted by atomic mass is 10.1. The maximum absolute atomic E-state index is 12.7. The third-order valence-electron chi connectivity index (χ3n) is 3.81. The summed E-state index contributed by atoms with van der Waals surface area (Å²) in [6.45, 7) is 2.78. The first-order valence-electron chi connectivity index (χ1n) is 8.09. The van der Waals surface area contributed by atoms with Gasteiger partial charge in [0.1, 0.15) is 0 Å². The van der Waals surface area contributed by atoms with Crippen molar-refractivity contribution in [2.24, 2.45) is 0 Å². The molecule has 3 aromatic rings. The lowest BCUT2D eigenvalue weighted by molar-refractivity contribution is 0.0980. The quantitative estimate of drug-likeness (QED) is 0.721. The number of rotatable bonds is 6. The van der Waals surface area contributed by atoms with Gasteiger partial charge in [0.05, 0.1) is 22.8 Å². The minimum absolute atomic E-state index is 0.0601. The van der Waals surface area contributed by atoms with Crippen LogP contribution >= 0.6 is 0 Å². The van der Waals surface area contributed by atoms with Crippen molar-refractivity contribution in [2.45, 2.75) is 18.4 Å². The highest BCUT2D eigenvalue weighted by atomic mass is 32.2. The van der Waals surface area contributed by atoms with Gasteiger partial charge in [-0.05, 0) is 30.5 Å². The molecule has 0 saturated carbocycles. The molecule has 1 aromatic heterocycles. The van der Waals surface area contributed by atoms with Gasteiger partial charge in [-0.15, -0.1) is 0 Å². The second-order valence-electron chi connectivity index (χ2n) is 5.59. The number of hydrogen-bond donors (Lipinski definition) is 1. The predicted molar refractivity (Wildman–Crippen MR) is 98.2 cm³/mol. The first kappa shape index (κ1) is 18.0. The zero-order chi connectivity index (χ0) is 18.6. The molecule has 0 radical (unpaired) electrons. The topological polar surface area (TPSA) is 85.4 Å². The van der Waals surface area contributed by atoms with Crippen molar-refractivity contribution in [3.63, 3.8) is 0 Å². The third kappa shape index (κ3) is 3.89. The highest BCUT2D eigenvalue weighted by molar-refractivity contribution is 7.90. The number of amides is 1. The van der Waals surface area contributed by atoms with Crippen molar-refractivity contribution in [1.82, 2.24) is 9.71 Å². The molecule has 1 N–H and O–H groups in total. The Kier molecular flexibility index (Phi) is 5.29. The van der Waals surface area contributed by atoms with E-state index in [0.29, 0.717) is 24.3 Å². The van der Waals surface area contributed by atoms with Crippen LogP contribution in [0.4, 0.5) is 0 Å². The minimum Gasteiger partial charge on any atom is -0.375 e. The largest absolute Gasteiger partial charge is 0.375 e.